The first-order chi connectivity index (χ1) is 12.7. The average molecular weight is 410 g/mol. The lowest BCUT2D eigenvalue weighted by Crippen LogP contribution is -2.34. The first kappa shape index (κ1) is 20.6. The van der Waals surface area contributed by atoms with Gasteiger partial charge < -0.3 is 16.4 Å². The van der Waals surface area contributed by atoms with E-state index in [1.54, 1.807) is 11.4 Å². The van der Waals surface area contributed by atoms with Crippen LogP contribution >= 0.6 is 11.3 Å². The number of hydrogen-bond acceptors (Lipinski definition) is 6. The smallest absolute Gasteiger partial charge is 0.252 e. The number of anilines is 1. The molecule has 0 unspecified atom stereocenters. The van der Waals surface area contributed by atoms with Gasteiger partial charge in [0, 0.05) is 18.3 Å². The van der Waals surface area contributed by atoms with Gasteiger partial charge in [-0.25, -0.2) is 8.42 Å². The second-order valence-electron chi connectivity index (χ2n) is 5.47. The lowest BCUT2D eigenvalue weighted by atomic mass is 10.2. The van der Waals surface area contributed by atoms with Crippen LogP contribution in [0, 0.1) is 0 Å². The fourth-order valence-corrected chi connectivity index (χ4v) is 4.35. The number of thiophene rings is 1. The van der Waals surface area contributed by atoms with E-state index in [0.29, 0.717) is 5.69 Å². The number of nitrogens with zero attached hydrogens (tertiary/aromatic N) is 1. The van der Waals surface area contributed by atoms with E-state index in [-0.39, 0.29) is 22.9 Å². The first-order valence-electron chi connectivity index (χ1n) is 7.66. The molecule has 0 fully saturated rings. The summed E-state index contributed by atoms with van der Waals surface area (Å²) in [6, 6.07) is 8.98. The van der Waals surface area contributed by atoms with E-state index in [4.69, 9.17) is 5.73 Å². The van der Waals surface area contributed by atoms with E-state index in [1.165, 1.54) is 37.4 Å². The van der Waals surface area contributed by atoms with Gasteiger partial charge in [-0.1, -0.05) is 6.07 Å². The van der Waals surface area contributed by atoms with Crippen LogP contribution < -0.4 is 16.4 Å². The van der Waals surface area contributed by atoms with Gasteiger partial charge in [0.05, 0.1) is 13.1 Å². The third-order valence-electron chi connectivity index (χ3n) is 3.38. The molecule has 0 aliphatic rings. The van der Waals surface area contributed by atoms with Gasteiger partial charge >= 0.3 is 0 Å². The maximum atomic E-state index is 12.3. The summed E-state index contributed by atoms with van der Waals surface area (Å²) in [6.07, 6.45) is 0. The van der Waals surface area contributed by atoms with Crippen LogP contribution in [0.25, 0.3) is 0 Å². The zero-order valence-corrected chi connectivity index (χ0v) is 16.0. The minimum Gasteiger partial charge on any atom is -0.368 e. The summed E-state index contributed by atoms with van der Waals surface area (Å²) in [5.74, 6) is -1.66. The average Bonchev–Trinajstić information content (AvgIpc) is 3.15. The molecular formula is C16H18N4O5S2. The van der Waals surface area contributed by atoms with Crippen molar-refractivity contribution in [1.29, 1.82) is 0 Å². The number of hydrogen-bond donors (Lipinski definition) is 3. The summed E-state index contributed by atoms with van der Waals surface area (Å²) in [4.78, 5) is 34.5. The highest BCUT2D eigenvalue weighted by Gasteiger charge is 2.23. The predicted octanol–water partition coefficient (Wildman–Crippen LogP) is 0.222. The highest BCUT2D eigenvalue weighted by Crippen LogP contribution is 2.19. The van der Waals surface area contributed by atoms with Crippen molar-refractivity contribution in [3.8, 4) is 0 Å². The molecule has 11 heteroatoms. The van der Waals surface area contributed by atoms with Crippen molar-refractivity contribution in [2.24, 2.45) is 5.73 Å². The molecule has 4 N–H and O–H groups in total. The Morgan fingerprint density at radius 2 is 1.81 bits per heavy atom. The van der Waals surface area contributed by atoms with Gasteiger partial charge in [0.2, 0.25) is 11.8 Å². The van der Waals surface area contributed by atoms with Crippen LogP contribution in [0.1, 0.15) is 10.4 Å². The Bertz CT molecular complexity index is 924. The van der Waals surface area contributed by atoms with Gasteiger partial charge in [0.1, 0.15) is 4.21 Å². The number of rotatable bonds is 8. The summed E-state index contributed by atoms with van der Waals surface area (Å²) in [5, 5.41) is 6.54. The Balaban J connectivity index is 1.94. The Morgan fingerprint density at radius 3 is 2.37 bits per heavy atom. The number of primary amides is 1. The van der Waals surface area contributed by atoms with E-state index < -0.39 is 27.7 Å². The highest BCUT2D eigenvalue weighted by atomic mass is 32.2. The molecule has 0 aliphatic heterocycles. The van der Waals surface area contributed by atoms with Crippen molar-refractivity contribution in [1.82, 2.24) is 9.62 Å². The van der Waals surface area contributed by atoms with E-state index in [1.807, 2.05) is 0 Å². The molecule has 2 rings (SSSR count). The fraction of sp³-hybridized carbons (Fsp3) is 0.188. The van der Waals surface area contributed by atoms with Crippen LogP contribution in [-0.2, 0) is 19.6 Å². The van der Waals surface area contributed by atoms with Crippen molar-refractivity contribution in [3.63, 3.8) is 0 Å². The monoisotopic (exact) mass is 410 g/mol. The van der Waals surface area contributed by atoms with E-state index in [2.05, 4.69) is 10.6 Å². The molecule has 0 saturated carbocycles. The van der Waals surface area contributed by atoms with Gasteiger partial charge in [0.25, 0.3) is 15.9 Å². The van der Waals surface area contributed by atoms with Crippen molar-refractivity contribution < 1.29 is 22.8 Å². The molecule has 27 heavy (non-hydrogen) atoms. The summed E-state index contributed by atoms with van der Waals surface area (Å²) in [5.41, 5.74) is 5.63. The van der Waals surface area contributed by atoms with Crippen LogP contribution in [0.3, 0.4) is 0 Å². The summed E-state index contributed by atoms with van der Waals surface area (Å²) in [7, 11) is -2.39. The van der Waals surface area contributed by atoms with Gasteiger partial charge in [0.15, 0.2) is 0 Å². The van der Waals surface area contributed by atoms with Gasteiger partial charge in [-0.3, -0.25) is 14.4 Å². The van der Waals surface area contributed by atoms with Crippen LogP contribution in [0.2, 0.25) is 0 Å². The van der Waals surface area contributed by atoms with Gasteiger partial charge in [-0.2, -0.15) is 4.31 Å². The summed E-state index contributed by atoms with van der Waals surface area (Å²) in [6.45, 7) is -0.635. The maximum absolute atomic E-state index is 12.3. The van der Waals surface area contributed by atoms with Crippen molar-refractivity contribution in [2.45, 2.75) is 4.21 Å². The number of sulfonamides is 1. The number of benzene rings is 1. The van der Waals surface area contributed by atoms with Gasteiger partial charge in [-0.05, 0) is 35.7 Å². The maximum Gasteiger partial charge on any atom is 0.252 e. The van der Waals surface area contributed by atoms with E-state index in [0.717, 1.165) is 15.6 Å². The molecule has 0 saturated heterocycles. The number of carbonyl (C=O) groups is 3. The number of nitrogens with two attached hydrogens (primary N) is 1. The summed E-state index contributed by atoms with van der Waals surface area (Å²) >= 11 is 1.07. The zero-order valence-electron chi connectivity index (χ0n) is 14.3. The lowest BCUT2D eigenvalue weighted by Gasteiger charge is -2.15. The fourth-order valence-electron chi connectivity index (χ4n) is 2.03. The zero-order chi connectivity index (χ0) is 20.0. The second-order valence-corrected chi connectivity index (χ2v) is 8.69. The second kappa shape index (κ2) is 8.75. The Morgan fingerprint density at radius 1 is 1.15 bits per heavy atom. The Labute approximate surface area is 160 Å². The van der Waals surface area contributed by atoms with E-state index in [9.17, 15) is 22.8 Å². The van der Waals surface area contributed by atoms with Gasteiger partial charge in [-0.15, -0.1) is 11.3 Å². The molecule has 0 bridgehead atoms. The van der Waals surface area contributed by atoms with Crippen molar-refractivity contribution >= 4 is 44.8 Å². The SMILES string of the molecule is CN(CC(=O)Nc1ccc(C(=O)NCC(N)=O)cc1)S(=O)(=O)c1cccs1. The highest BCUT2D eigenvalue weighted by molar-refractivity contribution is 7.91. The summed E-state index contributed by atoms with van der Waals surface area (Å²) < 4.78 is 25.7. The van der Waals surface area contributed by atoms with Crippen LogP contribution in [-0.4, -0.2) is 50.6 Å². The molecular weight excluding hydrogens is 392 g/mol. The van der Waals surface area contributed by atoms with Crippen LogP contribution in [0.4, 0.5) is 5.69 Å². The molecule has 1 aromatic heterocycles. The molecule has 2 aromatic rings. The molecule has 3 amide bonds. The molecule has 0 radical (unpaired) electrons. The third kappa shape index (κ3) is 5.61. The molecule has 144 valence electrons. The molecule has 1 aromatic carbocycles. The standard InChI is InChI=1S/C16H18N4O5S2/c1-20(27(24,25)15-3-2-8-26-15)10-14(22)19-12-6-4-11(5-7-12)16(23)18-9-13(17)21/h2-8H,9-10H2,1H3,(H2,17,21)(H,18,23)(H,19,22). The normalized spacial score (nSPS) is 11.2. The Kier molecular flexibility index (Phi) is 6.66. The molecule has 0 atom stereocenters. The lowest BCUT2D eigenvalue weighted by molar-refractivity contribution is -0.117. The number of likely N-dealkylation sites (N-methyl/N-ethyl adjacent to an activating group) is 1. The van der Waals surface area contributed by atoms with Crippen LogP contribution in [0.5, 0.6) is 0 Å². The van der Waals surface area contributed by atoms with Crippen molar-refractivity contribution in [3.05, 3.63) is 47.3 Å². The quantitative estimate of drug-likeness (QED) is 0.571. The molecule has 0 aliphatic carbocycles. The molecule has 9 nitrogen and oxygen atoms in total. The number of carbonyl (C=O) groups excluding carboxylic acids is 3. The minimum absolute atomic E-state index is 0.157. The van der Waals surface area contributed by atoms with Crippen LogP contribution in [0.15, 0.2) is 46.0 Å². The van der Waals surface area contributed by atoms with E-state index >= 15 is 0 Å². The molecule has 0 spiro atoms. The minimum atomic E-state index is -3.71. The number of amides is 3. The Hall–Kier alpha value is -2.76. The predicted molar refractivity (Wildman–Crippen MR) is 101 cm³/mol. The van der Waals surface area contributed by atoms with Crippen molar-refractivity contribution in [2.75, 3.05) is 25.5 Å². The topological polar surface area (TPSA) is 139 Å². The largest absolute Gasteiger partial charge is 0.368 e. The third-order valence-corrected chi connectivity index (χ3v) is 6.56. The first-order valence-corrected chi connectivity index (χ1v) is 9.98. The molecule has 1 heterocycles. The number of nitrogens with one attached hydrogen (secondary N) is 2.